The molecular weight excluding hydrogens is 418 g/mol. The zero-order valence-electron chi connectivity index (χ0n) is 18.8. The van der Waals surface area contributed by atoms with Gasteiger partial charge in [-0.25, -0.2) is 9.67 Å². The van der Waals surface area contributed by atoms with Gasteiger partial charge in [-0.05, 0) is 49.7 Å². The van der Waals surface area contributed by atoms with Gasteiger partial charge in [-0.15, -0.1) is 0 Å². The fourth-order valence-corrected chi connectivity index (χ4v) is 3.56. The van der Waals surface area contributed by atoms with Crippen molar-refractivity contribution in [3.63, 3.8) is 0 Å². The van der Waals surface area contributed by atoms with Gasteiger partial charge < -0.3 is 26.0 Å². The van der Waals surface area contributed by atoms with E-state index in [1.54, 1.807) is 12.1 Å². The predicted molar refractivity (Wildman–Crippen MR) is 129 cm³/mol. The van der Waals surface area contributed by atoms with Crippen molar-refractivity contribution < 1.29 is 14.9 Å². The second-order valence-corrected chi connectivity index (χ2v) is 8.23. The molecule has 0 aliphatic carbocycles. The summed E-state index contributed by atoms with van der Waals surface area (Å²) < 4.78 is 7.59. The number of ether oxygens (including phenoxy) is 1. The van der Waals surface area contributed by atoms with E-state index in [0.29, 0.717) is 12.3 Å². The maximum Gasteiger partial charge on any atom is 0.160 e. The van der Waals surface area contributed by atoms with Crippen LogP contribution in [-0.4, -0.2) is 44.2 Å². The highest BCUT2D eigenvalue weighted by molar-refractivity contribution is 5.91. The van der Waals surface area contributed by atoms with E-state index in [4.69, 9.17) is 15.5 Å². The van der Waals surface area contributed by atoms with Crippen LogP contribution in [0.2, 0.25) is 0 Å². The number of aliphatic hydroxyl groups excluding tert-OH is 1. The average Bonchev–Trinajstić information content (AvgIpc) is 3.26. The lowest BCUT2D eigenvalue weighted by molar-refractivity contribution is 0.114. The highest BCUT2D eigenvalue weighted by atomic mass is 16.5. The number of aromatic hydroxyl groups is 1. The third-order valence-electron chi connectivity index (χ3n) is 5.29. The fourth-order valence-electron chi connectivity index (χ4n) is 3.56. The van der Waals surface area contributed by atoms with Crippen LogP contribution in [0.4, 0.5) is 5.69 Å². The van der Waals surface area contributed by atoms with Crippen molar-refractivity contribution in [3.8, 4) is 22.8 Å². The summed E-state index contributed by atoms with van der Waals surface area (Å²) in [7, 11) is 0. The summed E-state index contributed by atoms with van der Waals surface area (Å²) >= 11 is 0. The fraction of sp³-hybridized carbons (Fsp3) is 0.280. The van der Waals surface area contributed by atoms with Gasteiger partial charge in [0.2, 0.25) is 0 Å². The number of fused-ring (bicyclic) bond motifs is 1. The number of benzene rings is 2. The summed E-state index contributed by atoms with van der Waals surface area (Å²) in [6, 6.07) is 16.9. The molecule has 0 fully saturated rings. The number of anilines is 1. The molecule has 2 heterocycles. The molecule has 1 unspecified atom stereocenters. The standard InChI is InChI=1S/C25H29N5O3/c1-16(2)30-25-22(14-28-30)24(27-13-17-5-3-7-19(31)9-17)11-23(29-25)18-6-4-8-21(10-18)33-15-20(32)12-26/h3-11,14,16,20,31-32H,12-13,15,26H2,1-2H3,(H,27,29). The largest absolute Gasteiger partial charge is 0.508 e. The molecule has 0 bridgehead atoms. The minimum absolute atomic E-state index is 0.128. The van der Waals surface area contributed by atoms with E-state index in [2.05, 4.69) is 24.3 Å². The summed E-state index contributed by atoms with van der Waals surface area (Å²) in [6.45, 7) is 4.95. The number of hydrogen-bond acceptors (Lipinski definition) is 7. The molecule has 0 radical (unpaired) electrons. The van der Waals surface area contributed by atoms with Crippen molar-refractivity contribution in [1.82, 2.24) is 14.8 Å². The third-order valence-corrected chi connectivity index (χ3v) is 5.29. The van der Waals surface area contributed by atoms with Crippen LogP contribution < -0.4 is 15.8 Å². The Labute approximate surface area is 192 Å². The van der Waals surface area contributed by atoms with E-state index in [-0.39, 0.29) is 24.9 Å². The van der Waals surface area contributed by atoms with Gasteiger partial charge in [-0.3, -0.25) is 0 Å². The summed E-state index contributed by atoms with van der Waals surface area (Å²) in [4.78, 5) is 4.90. The van der Waals surface area contributed by atoms with Gasteiger partial charge in [-0.2, -0.15) is 5.10 Å². The number of rotatable bonds is 9. The predicted octanol–water partition coefficient (Wildman–Crippen LogP) is 3.70. The number of phenolic OH excluding ortho intramolecular Hbond substituents is 1. The molecule has 2 aromatic carbocycles. The monoisotopic (exact) mass is 447 g/mol. The molecule has 4 aromatic rings. The summed E-state index contributed by atoms with van der Waals surface area (Å²) in [5.41, 5.74) is 9.76. The van der Waals surface area contributed by atoms with Gasteiger partial charge in [0.25, 0.3) is 0 Å². The van der Waals surface area contributed by atoms with Crippen LogP contribution >= 0.6 is 0 Å². The van der Waals surface area contributed by atoms with Gasteiger partial charge in [0, 0.05) is 30.4 Å². The van der Waals surface area contributed by atoms with Gasteiger partial charge in [0.1, 0.15) is 24.2 Å². The van der Waals surface area contributed by atoms with Crippen molar-refractivity contribution in [3.05, 3.63) is 66.4 Å². The number of aliphatic hydroxyl groups is 1. The summed E-state index contributed by atoms with van der Waals surface area (Å²) in [5, 5.41) is 28.4. The van der Waals surface area contributed by atoms with E-state index in [1.165, 1.54) is 0 Å². The number of phenols is 1. The van der Waals surface area contributed by atoms with Crippen molar-refractivity contribution in [2.75, 3.05) is 18.5 Å². The lowest BCUT2D eigenvalue weighted by Gasteiger charge is -2.14. The Morgan fingerprint density at radius 1 is 1.12 bits per heavy atom. The van der Waals surface area contributed by atoms with Crippen LogP contribution in [0.5, 0.6) is 11.5 Å². The van der Waals surface area contributed by atoms with Crippen molar-refractivity contribution >= 4 is 16.7 Å². The van der Waals surface area contributed by atoms with Gasteiger partial charge in [0.15, 0.2) is 5.65 Å². The van der Waals surface area contributed by atoms with E-state index < -0.39 is 6.10 Å². The number of hydrogen-bond donors (Lipinski definition) is 4. The topological polar surface area (TPSA) is 118 Å². The molecule has 5 N–H and O–H groups in total. The third kappa shape index (κ3) is 5.24. The highest BCUT2D eigenvalue weighted by Crippen LogP contribution is 2.31. The molecule has 0 spiro atoms. The minimum atomic E-state index is -0.711. The Hall–Kier alpha value is -3.62. The first-order valence-corrected chi connectivity index (χ1v) is 11.0. The maximum absolute atomic E-state index is 9.77. The number of nitrogens with two attached hydrogens (primary N) is 1. The van der Waals surface area contributed by atoms with Crippen LogP contribution in [0.25, 0.3) is 22.3 Å². The lowest BCUT2D eigenvalue weighted by Crippen LogP contribution is -2.26. The molecule has 0 saturated carbocycles. The first-order valence-electron chi connectivity index (χ1n) is 11.0. The number of nitrogens with zero attached hydrogens (tertiary/aromatic N) is 3. The molecule has 0 saturated heterocycles. The quantitative estimate of drug-likeness (QED) is 0.309. The van der Waals surface area contributed by atoms with Gasteiger partial charge >= 0.3 is 0 Å². The lowest BCUT2D eigenvalue weighted by atomic mass is 10.1. The first kappa shape index (κ1) is 22.6. The molecule has 172 valence electrons. The van der Waals surface area contributed by atoms with Crippen molar-refractivity contribution in [1.29, 1.82) is 0 Å². The van der Waals surface area contributed by atoms with Gasteiger partial charge in [-0.1, -0.05) is 24.3 Å². The molecule has 33 heavy (non-hydrogen) atoms. The zero-order valence-corrected chi connectivity index (χ0v) is 18.8. The van der Waals surface area contributed by atoms with Crippen LogP contribution in [0, 0.1) is 0 Å². The Bertz CT molecular complexity index is 1240. The Balaban J connectivity index is 1.70. The van der Waals surface area contributed by atoms with E-state index >= 15 is 0 Å². The van der Waals surface area contributed by atoms with Crippen LogP contribution in [-0.2, 0) is 6.54 Å². The molecule has 0 aliphatic rings. The molecule has 0 aliphatic heterocycles. The van der Waals surface area contributed by atoms with Crippen LogP contribution in [0.15, 0.2) is 60.8 Å². The number of nitrogens with one attached hydrogen (secondary N) is 1. The Morgan fingerprint density at radius 3 is 2.70 bits per heavy atom. The number of aromatic nitrogens is 3. The van der Waals surface area contributed by atoms with Crippen LogP contribution in [0.1, 0.15) is 25.5 Å². The minimum Gasteiger partial charge on any atom is -0.508 e. The average molecular weight is 448 g/mol. The van der Waals surface area contributed by atoms with E-state index in [1.807, 2.05) is 53.3 Å². The second kappa shape index (κ2) is 9.89. The molecule has 2 aromatic heterocycles. The normalized spacial score (nSPS) is 12.3. The summed E-state index contributed by atoms with van der Waals surface area (Å²) in [5.74, 6) is 0.868. The zero-order chi connectivity index (χ0) is 23.4. The Morgan fingerprint density at radius 2 is 1.94 bits per heavy atom. The maximum atomic E-state index is 9.77. The van der Waals surface area contributed by atoms with Gasteiger partial charge in [0.05, 0.1) is 17.3 Å². The second-order valence-electron chi connectivity index (χ2n) is 8.23. The Kier molecular flexibility index (Phi) is 6.76. The SMILES string of the molecule is CC(C)n1ncc2c(NCc3cccc(O)c3)cc(-c3cccc(OCC(O)CN)c3)nc21. The molecule has 4 rings (SSSR count). The van der Waals surface area contributed by atoms with Crippen molar-refractivity contribution in [2.45, 2.75) is 32.5 Å². The highest BCUT2D eigenvalue weighted by Gasteiger charge is 2.15. The molecule has 1 atom stereocenters. The molecule has 8 heteroatoms. The smallest absolute Gasteiger partial charge is 0.160 e. The van der Waals surface area contributed by atoms with Crippen LogP contribution in [0.3, 0.4) is 0 Å². The number of pyridine rings is 1. The van der Waals surface area contributed by atoms with E-state index in [9.17, 15) is 10.2 Å². The molecule has 0 amide bonds. The van der Waals surface area contributed by atoms with Crippen molar-refractivity contribution in [2.24, 2.45) is 5.73 Å². The summed E-state index contributed by atoms with van der Waals surface area (Å²) in [6.07, 6.45) is 1.11. The molecular formula is C25H29N5O3. The first-order chi connectivity index (χ1) is 15.9. The van der Waals surface area contributed by atoms with E-state index in [0.717, 1.165) is 33.5 Å². The molecule has 8 nitrogen and oxygen atoms in total.